The van der Waals surface area contributed by atoms with Crippen LogP contribution in [0.25, 0.3) is 11.1 Å². The van der Waals surface area contributed by atoms with Crippen molar-refractivity contribution in [3.05, 3.63) is 99.6 Å². The lowest BCUT2D eigenvalue weighted by molar-refractivity contribution is -0.138. The Labute approximate surface area is 237 Å². The van der Waals surface area contributed by atoms with Crippen molar-refractivity contribution in [3.63, 3.8) is 0 Å². The fourth-order valence-corrected chi connectivity index (χ4v) is 6.06. The monoisotopic (exact) mass is 567 g/mol. The normalized spacial score (nSPS) is 16.2. The first-order chi connectivity index (χ1) is 19.7. The number of alkyl halides is 4. The summed E-state index contributed by atoms with van der Waals surface area (Å²) in [5.41, 5.74) is 5.72. The van der Waals surface area contributed by atoms with Gasteiger partial charge in [-0.05, 0) is 101 Å². The summed E-state index contributed by atoms with van der Waals surface area (Å²) in [6.07, 6.45) is -1.06. The smallest absolute Gasteiger partial charge is 0.419 e. The third-order valence-corrected chi connectivity index (χ3v) is 8.06. The summed E-state index contributed by atoms with van der Waals surface area (Å²) in [6, 6.07) is 17.4. The van der Waals surface area contributed by atoms with E-state index < -0.39 is 17.7 Å². The van der Waals surface area contributed by atoms with Crippen LogP contribution in [0.5, 0.6) is 5.75 Å². The van der Waals surface area contributed by atoms with E-state index in [9.17, 15) is 27.5 Å². The lowest BCUT2D eigenvalue weighted by Crippen LogP contribution is -2.47. The summed E-state index contributed by atoms with van der Waals surface area (Å²) in [5.74, 6) is -0.703. The van der Waals surface area contributed by atoms with Gasteiger partial charge in [-0.25, -0.2) is 4.79 Å². The third kappa shape index (κ3) is 6.32. The molecule has 0 radical (unpaired) electrons. The number of aryl methyl sites for hydroxylation is 1. The summed E-state index contributed by atoms with van der Waals surface area (Å²) in [7, 11) is 1.24. The van der Waals surface area contributed by atoms with Crippen molar-refractivity contribution in [3.8, 4) is 5.75 Å². The molecule has 0 bridgehead atoms. The van der Waals surface area contributed by atoms with Gasteiger partial charge in [0.2, 0.25) is 0 Å². The average molecular weight is 568 g/mol. The molecule has 1 aliphatic carbocycles. The van der Waals surface area contributed by atoms with Crippen LogP contribution >= 0.6 is 0 Å². The number of carbonyl (C=O) groups is 1. The number of benzene rings is 3. The standard InChI is InChI=1S/C33H33F4NO3/c1-41-30-18-25(11-13-29(30)33(35,36)37)27-5-2-4-24-17-26(32(39)40)10-12-28(24)31(27)23-8-6-21(7-9-23)16-22-19-38(20-22)15-3-14-34/h6-13,17-18,22H,2-5,14-16,19-20H2,1H3,(H,39,40). The predicted molar refractivity (Wildman–Crippen MR) is 151 cm³/mol. The molecule has 216 valence electrons. The molecule has 0 aromatic heterocycles. The van der Waals surface area contributed by atoms with Gasteiger partial charge in [-0.3, -0.25) is 4.39 Å². The van der Waals surface area contributed by atoms with Crippen LogP contribution in [-0.2, 0) is 19.0 Å². The average Bonchev–Trinajstić information content (AvgIpc) is 3.13. The molecule has 2 aliphatic rings. The largest absolute Gasteiger partial charge is 0.496 e. The van der Waals surface area contributed by atoms with Gasteiger partial charge in [-0.2, -0.15) is 13.2 Å². The van der Waals surface area contributed by atoms with E-state index in [1.54, 1.807) is 12.1 Å². The summed E-state index contributed by atoms with van der Waals surface area (Å²) in [6.45, 7) is 2.43. The van der Waals surface area contributed by atoms with Crippen LogP contribution in [0.3, 0.4) is 0 Å². The number of aromatic carboxylic acids is 1. The van der Waals surface area contributed by atoms with Crippen molar-refractivity contribution in [1.29, 1.82) is 0 Å². The van der Waals surface area contributed by atoms with Crippen molar-refractivity contribution < 1.29 is 32.2 Å². The topological polar surface area (TPSA) is 49.8 Å². The number of allylic oxidation sites excluding steroid dienone is 1. The highest BCUT2D eigenvalue weighted by Gasteiger charge is 2.35. The number of fused-ring (bicyclic) bond motifs is 1. The highest BCUT2D eigenvalue weighted by molar-refractivity contribution is 6.01. The van der Waals surface area contributed by atoms with Crippen LogP contribution in [0, 0.1) is 5.92 Å². The van der Waals surface area contributed by atoms with Crippen molar-refractivity contribution in [1.82, 2.24) is 4.90 Å². The number of likely N-dealkylation sites (tertiary alicyclic amines) is 1. The second-order valence-corrected chi connectivity index (χ2v) is 10.9. The van der Waals surface area contributed by atoms with Gasteiger partial charge in [0.25, 0.3) is 0 Å². The number of halogens is 4. The van der Waals surface area contributed by atoms with Crippen molar-refractivity contribution in [2.75, 3.05) is 33.4 Å². The Hall–Kier alpha value is -3.65. The van der Waals surface area contributed by atoms with Crippen LogP contribution in [0.15, 0.2) is 60.7 Å². The number of hydrogen-bond donors (Lipinski definition) is 1. The minimum Gasteiger partial charge on any atom is -0.496 e. The Bertz CT molecular complexity index is 1440. The predicted octanol–water partition coefficient (Wildman–Crippen LogP) is 7.54. The van der Waals surface area contributed by atoms with Gasteiger partial charge < -0.3 is 14.7 Å². The number of rotatable bonds is 9. The van der Waals surface area contributed by atoms with Crippen LogP contribution in [0.1, 0.15) is 63.0 Å². The van der Waals surface area contributed by atoms with Crippen LogP contribution in [-0.4, -0.2) is 49.4 Å². The lowest BCUT2D eigenvalue weighted by Gasteiger charge is -2.39. The molecule has 41 heavy (non-hydrogen) atoms. The van der Waals surface area contributed by atoms with Crippen LogP contribution in [0.4, 0.5) is 17.6 Å². The van der Waals surface area contributed by atoms with Gasteiger partial charge >= 0.3 is 12.1 Å². The summed E-state index contributed by atoms with van der Waals surface area (Å²) < 4.78 is 58.4. The molecule has 0 spiro atoms. The van der Waals surface area contributed by atoms with E-state index >= 15 is 0 Å². The molecule has 1 fully saturated rings. The molecule has 0 atom stereocenters. The van der Waals surface area contributed by atoms with E-state index in [1.807, 2.05) is 18.2 Å². The summed E-state index contributed by atoms with van der Waals surface area (Å²) in [4.78, 5) is 13.9. The van der Waals surface area contributed by atoms with Gasteiger partial charge in [-0.15, -0.1) is 0 Å². The van der Waals surface area contributed by atoms with Crippen LogP contribution < -0.4 is 4.74 Å². The number of ether oxygens (including phenoxy) is 1. The van der Waals surface area contributed by atoms with E-state index in [2.05, 4.69) is 17.0 Å². The quantitative estimate of drug-likeness (QED) is 0.272. The molecule has 1 aliphatic heterocycles. The number of nitrogens with zero attached hydrogens (tertiary/aromatic N) is 1. The maximum Gasteiger partial charge on any atom is 0.419 e. The maximum absolute atomic E-state index is 13.6. The van der Waals surface area contributed by atoms with Gasteiger partial charge in [0, 0.05) is 19.6 Å². The SMILES string of the molecule is COc1cc(C2=C(c3ccc(CC4CN(CCCF)C4)cc3)c3ccc(C(=O)O)cc3CCC2)ccc1C(F)(F)F. The molecule has 8 heteroatoms. The third-order valence-electron chi connectivity index (χ3n) is 8.06. The molecule has 5 rings (SSSR count). The molecule has 1 saturated heterocycles. The van der Waals surface area contributed by atoms with Crippen molar-refractivity contribution >= 4 is 17.1 Å². The highest BCUT2D eigenvalue weighted by Crippen LogP contribution is 2.43. The Morgan fingerprint density at radius 3 is 2.39 bits per heavy atom. The Balaban J connectivity index is 1.54. The second-order valence-electron chi connectivity index (χ2n) is 10.9. The molecule has 1 heterocycles. The zero-order valence-electron chi connectivity index (χ0n) is 22.9. The maximum atomic E-state index is 13.6. The molecule has 4 nitrogen and oxygen atoms in total. The Morgan fingerprint density at radius 2 is 1.73 bits per heavy atom. The van der Waals surface area contributed by atoms with E-state index in [1.165, 1.54) is 24.8 Å². The minimum atomic E-state index is -4.54. The second kappa shape index (κ2) is 12.1. The minimum absolute atomic E-state index is 0.208. The van der Waals surface area contributed by atoms with Crippen molar-refractivity contribution in [2.45, 2.75) is 38.3 Å². The van der Waals surface area contributed by atoms with Crippen molar-refractivity contribution in [2.24, 2.45) is 5.92 Å². The molecule has 1 N–H and O–H groups in total. The summed E-state index contributed by atoms with van der Waals surface area (Å²) >= 11 is 0. The van der Waals surface area contributed by atoms with Gasteiger partial charge in [0.15, 0.2) is 0 Å². The first-order valence-electron chi connectivity index (χ1n) is 13.9. The zero-order valence-corrected chi connectivity index (χ0v) is 22.9. The molecule has 0 saturated carbocycles. The summed E-state index contributed by atoms with van der Waals surface area (Å²) in [5, 5.41) is 9.57. The first kappa shape index (κ1) is 28.9. The molecule has 3 aromatic carbocycles. The number of carboxylic acids is 1. The number of hydrogen-bond acceptors (Lipinski definition) is 3. The van der Waals surface area contributed by atoms with Gasteiger partial charge in [0.05, 0.1) is 24.9 Å². The fourth-order valence-electron chi connectivity index (χ4n) is 6.06. The molecule has 0 unspecified atom stereocenters. The van der Waals surface area contributed by atoms with Gasteiger partial charge in [-0.1, -0.05) is 36.4 Å². The van der Waals surface area contributed by atoms with E-state index in [0.717, 1.165) is 66.4 Å². The number of methoxy groups -OCH3 is 1. The molecular formula is C33H33F4NO3. The fraction of sp³-hybridized carbons (Fsp3) is 0.364. The van der Waals surface area contributed by atoms with E-state index in [4.69, 9.17) is 4.74 Å². The lowest BCUT2D eigenvalue weighted by atomic mass is 9.86. The molecule has 3 aromatic rings. The first-order valence-corrected chi connectivity index (χ1v) is 13.9. The van der Waals surface area contributed by atoms with E-state index in [0.29, 0.717) is 30.7 Å². The Kier molecular flexibility index (Phi) is 8.50. The van der Waals surface area contributed by atoms with E-state index in [-0.39, 0.29) is 18.0 Å². The zero-order chi connectivity index (χ0) is 29.1. The van der Waals surface area contributed by atoms with Crippen LogP contribution in [0.2, 0.25) is 0 Å². The molecule has 0 amide bonds. The Morgan fingerprint density at radius 1 is 1.00 bits per heavy atom. The highest BCUT2D eigenvalue weighted by atomic mass is 19.4. The molecular weight excluding hydrogens is 534 g/mol. The van der Waals surface area contributed by atoms with Gasteiger partial charge in [0.1, 0.15) is 5.75 Å². The number of carboxylic acid groups (broad SMARTS) is 1.